The van der Waals surface area contributed by atoms with Crippen molar-refractivity contribution in [2.45, 2.75) is 38.4 Å². The number of ketones is 1. The lowest BCUT2D eigenvalue weighted by Gasteiger charge is -2.24. The van der Waals surface area contributed by atoms with Gasteiger partial charge in [-0.15, -0.1) is 6.58 Å². The highest BCUT2D eigenvalue weighted by atomic mass is 16.6. The summed E-state index contributed by atoms with van der Waals surface area (Å²) in [5.41, 5.74) is -1.42. The molecule has 84 valence electrons. The van der Waals surface area contributed by atoms with Gasteiger partial charge in [0.1, 0.15) is 0 Å². The van der Waals surface area contributed by atoms with E-state index in [4.69, 9.17) is 9.47 Å². The molecule has 1 unspecified atom stereocenters. The summed E-state index contributed by atoms with van der Waals surface area (Å²) >= 11 is 0. The minimum atomic E-state index is -1.42. The first-order chi connectivity index (χ1) is 7.03. The van der Waals surface area contributed by atoms with Crippen LogP contribution in [0.3, 0.4) is 0 Å². The van der Waals surface area contributed by atoms with Crippen molar-refractivity contribution in [2.24, 2.45) is 0 Å². The highest BCUT2D eigenvalue weighted by molar-refractivity contribution is 6.08. The Morgan fingerprint density at radius 1 is 1.73 bits per heavy atom. The van der Waals surface area contributed by atoms with E-state index in [0.29, 0.717) is 0 Å². The van der Waals surface area contributed by atoms with E-state index in [9.17, 15) is 9.59 Å². The summed E-state index contributed by atoms with van der Waals surface area (Å²) in [6, 6.07) is 0. The molecule has 15 heavy (non-hydrogen) atoms. The van der Waals surface area contributed by atoms with Crippen LogP contribution in [0.1, 0.15) is 26.7 Å². The molecule has 0 saturated carbocycles. The maximum atomic E-state index is 11.8. The van der Waals surface area contributed by atoms with Gasteiger partial charge in [-0.05, 0) is 13.8 Å². The van der Waals surface area contributed by atoms with Crippen LogP contribution in [0.25, 0.3) is 0 Å². The van der Waals surface area contributed by atoms with Gasteiger partial charge < -0.3 is 9.47 Å². The van der Waals surface area contributed by atoms with Crippen LogP contribution >= 0.6 is 0 Å². The maximum absolute atomic E-state index is 11.8. The molecule has 0 N–H and O–H groups in total. The van der Waals surface area contributed by atoms with Crippen LogP contribution in [-0.2, 0) is 19.1 Å². The maximum Gasteiger partial charge on any atom is 0.346 e. The van der Waals surface area contributed by atoms with Crippen molar-refractivity contribution in [1.82, 2.24) is 0 Å². The Morgan fingerprint density at radius 3 is 2.80 bits per heavy atom. The van der Waals surface area contributed by atoms with Gasteiger partial charge in [0.05, 0.1) is 12.7 Å². The molecule has 1 fully saturated rings. The van der Waals surface area contributed by atoms with Gasteiger partial charge in [0.25, 0.3) is 0 Å². The predicted molar refractivity (Wildman–Crippen MR) is 54.3 cm³/mol. The van der Waals surface area contributed by atoms with Gasteiger partial charge in [-0.3, -0.25) is 4.79 Å². The van der Waals surface area contributed by atoms with Crippen molar-refractivity contribution >= 4 is 11.8 Å². The fraction of sp³-hybridized carbons (Fsp3) is 0.636. The summed E-state index contributed by atoms with van der Waals surface area (Å²) in [5, 5.41) is 0. The molecule has 4 heteroatoms. The van der Waals surface area contributed by atoms with E-state index in [1.54, 1.807) is 13.8 Å². The van der Waals surface area contributed by atoms with Crippen LogP contribution in [0.4, 0.5) is 0 Å². The molecule has 0 aliphatic carbocycles. The first-order valence-electron chi connectivity index (χ1n) is 5.02. The van der Waals surface area contributed by atoms with Gasteiger partial charge in [0, 0.05) is 12.8 Å². The second-order valence-corrected chi connectivity index (χ2v) is 3.80. The lowest BCUT2D eigenvalue weighted by molar-refractivity contribution is -0.173. The van der Waals surface area contributed by atoms with E-state index in [1.165, 1.54) is 6.08 Å². The fourth-order valence-corrected chi connectivity index (χ4v) is 1.54. The molecule has 0 aromatic heterocycles. The second-order valence-electron chi connectivity index (χ2n) is 3.80. The van der Waals surface area contributed by atoms with E-state index in [0.717, 1.165) is 0 Å². The number of Topliss-reactive ketones (excluding diaryl/α,β-unsaturated/α-hetero) is 1. The summed E-state index contributed by atoms with van der Waals surface area (Å²) in [6.07, 6.45) is 1.69. The largest absolute Gasteiger partial charge is 0.460 e. The standard InChI is InChI=1S/C11H16O4/c1-4-6-11(9(12)5-7-14-11)10(13)15-8(2)3/h4,8H,1,5-7H2,2-3H3. The zero-order valence-corrected chi connectivity index (χ0v) is 9.12. The smallest absolute Gasteiger partial charge is 0.346 e. The quantitative estimate of drug-likeness (QED) is 0.399. The van der Waals surface area contributed by atoms with Gasteiger partial charge >= 0.3 is 5.97 Å². The SMILES string of the molecule is C=CCC1(C(=O)OC(C)C)OCCC1=O. The second kappa shape index (κ2) is 4.57. The lowest BCUT2D eigenvalue weighted by atomic mass is 9.94. The predicted octanol–water partition coefficient (Wildman–Crippen LogP) is 1.24. The Hall–Kier alpha value is -1.16. The molecule has 1 atom stereocenters. The van der Waals surface area contributed by atoms with Gasteiger partial charge in [-0.25, -0.2) is 4.79 Å². The topological polar surface area (TPSA) is 52.6 Å². The van der Waals surface area contributed by atoms with Crippen molar-refractivity contribution in [3.05, 3.63) is 12.7 Å². The molecule has 0 amide bonds. The molecule has 0 radical (unpaired) electrons. The summed E-state index contributed by atoms with van der Waals surface area (Å²) < 4.78 is 10.3. The number of ether oxygens (including phenoxy) is 2. The van der Waals surface area contributed by atoms with E-state index >= 15 is 0 Å². The van der Waals surface area contributed by atoms with Crippen molar-refractivity contribution in [3.63, 3.8) is 0 Å². The van der Waals surface area contributed by atoms with Crippen LogP contribution in [0.2, 0.25) is 0 Å². The Labute approximate surface area is 89.2 Å². The number of rotatable bonds is 4. The number of esters is 1. The molecule has 4 nitrogen and oxygen atoms in total. The van der Waals surface area contributed by atoms with Crippen molar-refractivity contribution in [3.8, 4) is 0 Å². The average molecular weight is 212 g/mol. The molecule has 0 aromatic carbocycles. The Balaban J connectivity index is 2.85. The van der Waals surface area contributed by atoms with Crippen LogP contribution < -0.4 is 0 Å². The first kappa shape index (κ1) is 11.9. The minimum absolute atomic E-state index is 0.178. The van der Waals surface area contributed by atoms with Gasteiger partial charge in [-0.2, -0.15) is 0 Å². The molecule has 1 saturated heterocycles. The summed E-state index contributed by atoms with van der Waals surface area (Å²) in [7, 11) is 0. The third-order valence-corrected chi connectivity index (χ3v) is 2.23. The molecule has 0 spiro atoms. The van der Waals surface area contributed by atoms with Crippen LogP contribution in [0.15, 0.2) is 12.7 Å². The monoisotopic (exact) mass is 212 g/mol. The first-order valence-corrected chi connectivity index (χ1v) is 5.02. The van der Waals surface area contributed by atoms with E-state index in [1.807, 2.05) is 0 Å². The fourth-order valence-electron chi connectivity index (χ4n) is 1.54. The van der Waals surface area contributed by atoms with Crippen molar-refractivity contribution in [2.75, 3.05) is 6.61 Å². The molecule has 1 heterocycles. The molecule has 0 aromatic rings. The lowest BCUT2D eigenvalue weighted by Crippen LogP contribution is -2.46. The minimum Gasteiger partial charge on any atom is -0.460 e. The summed E-state index contributed by atoms with van der Waals surface area (Å²) in [4.78, 5) is 23.4. The van der Waals surface area contributed by atoms with Crippen molar-refractivity contribution < 1.29 is 19.1 Å². The molecule has 1 aliphatic heterocycles. The van der Waals surface area contributed by atoms with Gasteiger partial charge in [0.2, 0.25) is 5.60 Å². The normalized spacial score (nSPS) is 25.7. The molecule has 0 bridgehead atoms. The Bertz CT molecular complexity index is 282. The van der Waals surface area contributed by atoms with Gasteiger partial charge in [0.15, 0.2) is 5.78 Å². The zero-order chi connectivity index (χ0) is 11.5. The summed E-state index contributed by atoms with van der Waals surface area (Å²) in [5.74, 6) is -0.812. The molecular weight excluding hydrogens is 196 g/mol. The number of carbonyl (C=O) groups excluding carboxylic acids is 2. The molecule has 1 aliphatic rings. The highest BCUT2D eigenvalue weighted by Crippen LogP contribution is 2.28. The Morgan fingerprint density at radius 2 is 2.40 bits per heavy atom. The van der Waals surface area contributed by atoms with E-state index < -0.39 is 11.6 Å². The third-order valence-electron chi connectivity index (χ3n) is 2.23. The van der Waals surface area contributed by atoms with E-state index in [-0.39, 0.29) is 31.3 Å². The summed E-state index contributed by atoms with van der Waals surface area (Å²) in [6.45, 7) is 7.27. The van der Waals surface area contributed by atoms with Crippen molar-refractivity contribution in [1.29, 1.82) is 0 Å². The molecule has 1 rings (SSSR count). The van der Waals surface area contributed by atoms with Crippen LogP contribution in [0.5, 0.6) is 0 Å². The Kier molecular flexibility index (Phi) is 3.63. The number of hydrogen-bond donors (Lipinski definition) is 0. The van der Waals surface area contributed by atoms with E-state index in [2.05, 4.69) is 6.58 Å². The third kappa shape index (κ3) is 2.26. The van der Waals surface area contributed by atoms with Gasteiger partial charge in [-0.1, -0.05) is 6.08 Å². The highest BCUT2D eigenvalue weighted by Gasteiger charge is 2.50. The molecular formula is C11H16O4. The average Bonchev–Trinajstić information content (AvgIpc) is 2.48. The number of hydrogen-bond acceptors (Lipinski definition) is 4. The van der Waals surface area contributed by atoms with Crippen LogP contribution in [0, 0.1) is 0 Å². The van der Waals surface area contributed by atoms with Crippen LogP contribution in [-0.4, -0.2) is 30.1 Å². The zero-order valence-electron chi connectivity index (χ0n) is 9.12. The number of carbonyl (C=O) groups is 2.